The van der Waals surface area contributed by atoms with Crippen LogP contribution in [-0.2, 0) is 4.79 Å². The highest BCUT2D eigenvalue weighted by Crippen LogP contribution is 2.13. The van der Waals surface area contributed by atoms with E-state index in [2.05, 4.69) is 34.5 Å². The van der Waals surface area contributed by atoms with E-state index in [1.165, 1.54) is 6.08 Å². The van der Waals surface area contributed by atoms with Gasteiger partial charge in [0.15, 0.2) is 0 Å². The number of para-hydroxylation sites is 1. The maximum absolute atomic E-state index is 10.9. The van der Waals surface area contributed by atoms with Crippen LogP contribution in [0.3, 0.4) is 0 Å². The summed E-state index contributed by atoms with van der Waals surface area (Å²) in [5.74, 6) is 0.463. The third-order valence-electron chi connectivity index (χ3n) is 4.13. The van der Waals surface area contributed by atoms with Crippen molar-refractivity contribution < 1.29 is 4.79 Å². The topological polar surface area (TPSA) is 82.8 Å². The number of carbonyl (C=O) groups is 1. The zero-order valence-corrected chi connectivity index (χ0v) is 17.7. The van der Waals surface area contributed by atoms with E-state index in [1.54, 1.807) is 5.01 Å². The summed E-state index contributed by atoms with van der Waals surface area (Å²) in [7, 11) is 1.82. The second-order valence-corrected chi connectivity index (χ2v) is 6.59. The van der Waals surface area contributed by atoms with Gasteiger partial charge in [-0.1, -0.05) is 42.5 Å². The number of carbonyl (C=O) groups excluding carboxylic acids is 1. The molecule has 1 aromatic carbocycles. The molecule has 0 aliphatic carbocycles. The minimum Gasteiger partial charge on any atom is -0.382 e. The van der Waals surface area contributed by atoms with Crippen molar-refractivity contribution in [3.05, 3.63) is 78.1 Å². The molecule has 4 N–H and O–H groups in total. The number of hydrazone groups is 1. The number of allylic oxidation sites excluding steroid dienone is 5. The first-order valence-corrected chi connectivity index (χ1v) is 9.63. The van der Waals surface area contributed by atoms with Crippen LogP contribution in [-0.4, -0.2) is 37.4 Å². The average molecular weight is 396 g/mol. The van der Waals surface area contributed by atoms with Gasteiger partial charge in [-0.15, -0.1) is 6.58 Å². The molecule has 0 amide bonds. The maximum atomic E-state index is 10.9. The molecule has 6 heteroatoms. The van der Waals surface area contributed by atoms with E-state index in [4.69, 9.17) is 5.73 Å². The van der Waals surface area contributed by atoms with Crippen LogP contribution in [0.2, 0.25) is 0 Å². The summed E-state index contributed by atoms with van der Waals surface area (Å²) < 4.78 is 0. The van der Waals surface area contributed by atoms with Crippen molar-refractivity contribution in [3.63, 3.8) is 0 Å². The lowest BCUT2D eigenvalue weighted by atomic mass is 10.2. The van der Waals surface area contributed by atoms with Crippen LogP contribution in [0.15, 0.2) is 77.6 Å². The molecule has 1 rings (SSSR count). The van der Waals surface area contributed by atoms with Gasteiger partial charge >= 0.3 is 0 Å². The molecule has 0 aromatic heterocycles. The van der Waals surface area contributed by atoms with E-state index in [-0.39, 0.29) is 0 Å². The van der Waals surface area contributed by atoms with Crippen molar-refractivity contribution in [1.82, 2.24) is 10.3 Å². The fourth-order valence-electron chi connectivity index (χ4n) is 2.38. The van der Waals surface area contributed by atoms with Gasteiger partial charge in [0.25, 0.3) is 0 Å². The normalized spacial score (nSPS) is 12.7. The molecule has 0 spiro atoms. The number of aldehydes is 1. The van der Waals surface area contributed by atoms with Gasteiger partial charge in [0, 0.05) is 18.4 Å². The molecule has 0 unspecified atom stereocenters. The molecule has 0 atom stereocenters. The Labute approximate surface area is 174 Å². The fraction of sp³-hybridized carbons (Fsp3) is 0.304. The fourth-order valence-corrected chi connectivity index (χ4v) is 2.38. The summed E-state index contributed by atoms with van der Waals surface area (Å²) in [5.41, 5.74) is 9.93. The number of hydrogen-bond acceptors (Lipinski definition) is 5. The number of rotatable bonds is 13. The quantitative estimate of drug-likeness (QED) is 0.0902. The van der Waals surface area contributed by atoms with Crippen molar-refractivity contribution in [3.8, 4) is 0 Å². The van der Waals surface area contributed by atoms with Gasteiger partial charge in [-0.05, 0) is 50.0 Å². The van der Waals surface area contributed by atoms with Crippen molar-refractivity contribution in [1.29, 1.82) is 0 Å². The maximum Gasteiger partial charge on any atom is 0.146 e. The summed E-state index contributed by atoms with van der Waals surface area (Å²) in [6.07, 6.45) is 12.0. The van der Waals surface area contributed by atoms with Crippen LogP contribution in [0, 0.1) is 6.92 Å². The van der Waals surface area contributed by atoms with Gasteiger partial charge in [-0.3, -0.25) is 9.80 Å². The van der Waals surface area contributed by atoms with E-state index in [0.29, 0.717) is 19.0 Å². The average Bonchev–Trinajstić information content (AvgIpc) is 2.70. The summed E-state index contributed by atoms with van der Waals surface area (Å²) >= 11 is 0. The molecular formula is C23H33N5O. The number of nitrogens with one attached hydrogen (secondary N) is 2. The minimum absolute atomic E-state index is 0.419. The van der Waals surface area contributed by atoms with Gasteiger partial charge in [-0.2, -0.15) is 5.10 Å². The van der Waals surface area contributed by atoms with E-state index in [9.17, 15) is 4.79 Å². The molecule has 0 aliphatic rings. The van der Waals surface area contributed by atoms with Crippen LogP contribution < -0.4 is 16.4 Å². The largest absolute Gasteiger partial charge is 0.382 e. The van der Waals surface area contributed by atoms with Crippen molar-refractivity contribution >= 4 is 17.8 Å². The number of anilines is 1. The van der Waals surface area contributed by atoms with Crippen LogP contribution in [0.5, 0.6) is 0 Å². The zero-order valence-electron chi connectivity index (χ0n) is 17.7. The summed E-state index contributed by atoms with van der Waals surface area (Å²) in [4.78, 5) is 10.9. The van der Waals surface area contributed by atoms with Gasteiger partial charge in [0.05, 0.1) is 6.54 Å². The first kappa shape index (κ1) is 23.8. The minimum atomic E-state index is 0.419. The Kier molecular flexibility index (Phi) is 11.3. The van der Waals surface area contributed by atoms with Crippen LogP contribution in [0.4, 0.5) is 5.69 Å². The number of amidine groups is 1. The lowest BCUT2D eigenvalue weighted by Gasteiger charge is -2.19. The molecule has 0 heterocycles. The lowest BCUT2D eigenvalue weighted by molar-refractivity contribution is -0.104. The highest BCUT2D eigenvalue weighted by atomic mass is 16.1. The molecule has 0 fully saturated rings. The van der Waals surface area contributed by atoms with Crippen LogP contribution >= 0.6 is 0 Å². The number of aryl methyl sites for hydroxylation is 1. The van der Waals surface area contributed by atoms with E-state index in [1.807, 2.05) is 57.3 Å². The molecule has 0 aliphatic heterocycles. The van der Waals surface area contributed by atoms with E-state index < -0.39 is 0 Å². The second kappa shape index (κ2) is 13.8. The zero-order chi connectivity index (χ0) is 21.5. The van der Waals surface area contributed by atoms with Gasteiger partial charge in [0.2, 0.25) is 0 Å². The van der Waals surface area contributed by atoms with Crippen molar-refractivity contribution in [2.24, 2.45) is 10.8 Å². The molecule has 29 heavy (non-hydrogen) atoms. The molecule has 0 saturated heterocycles. The number of hydrogen-bond donors (Lipinski definition) is 3. The van der Waals surface area contributed by atoms with Crippen molar-refractivity contribution in [2.45, 2.75) is 26.7 Å². The Morgan fingerprint density at radius 3 is 2.69 bits per heavy atom. The summed E-state index contributed by atoms with van der Waals surface area (Å²) in [5, 5.41) is 12.6. The Hall–Kier alpha value is -3.28. The highest BCUT2D eigenvalue weighted by molar-refractivity contribution is 5.96. The third-order valence-corrected chi connectivity index (χ3v) is 4.13. The van der Waals surface area contributed by atoms with E-state index in [0.717, 1.165) is 41.6 Å². The standard InChI is InChI=1S/C23H33N5O/c1-5-6-7-8-9-13-20(3)23(24)27-28(4)18-26-21(15-16-29)17-25-22-14-11-10-12-19(22)2/h5,7-8,10-16,25-26H,1,6,9,17-18H2,2-4H3,(H2,24,27)/b8-7?,20-13+,21-15-. The first-order valence-electron chi connectivity index (χ1n) is 9.63. The third kappa shape index (κ3) is 10.0. The SMILES string of the molecule is C=CCC=CC/C=C(C)/C(N)=N/N(C)CN/C(=C\C=O)CNc1ccccc1C. The second-order valence-electron chi connectivity index (χ2n) is 6.59. The van der Waals surface area contributed by atoms with Gasteiger partial charge in [0.1, 0.15) is 18.8 Å². The predicted octanol–water partition coefficient (Wildman–Crippen LogP) is 3.71. The Morgan fingerprint density at radius 2 is 2.00 bits per heavy atom. The Bertz CT molecular complexity index is 777. The van der Waals surface area contributed by atoms with Crippen molar-refractivity contribution in [2.75, 3.05) is 25.6 Å². The Balaban J connectivity index is 2.56. The number of nitrogens with two attached hydrogens (primary N) is 1. The van der Waals surface area contributed by atoms with Gasteiger partial charge in [-0.25, -0.2) is 0 Å². The molecule has 156 valence electrons. The molecule has 0 bridgehead atoms. The molecule has 0 radical (unpaired) electrons. The van der Waals surface area contributed by atoms with Crippen LogP contribution in [0.1, 0.15) is 25.3 Å². The van der Waals surface area contributed by atoms with Gasteiger partial charge < -0.3 is 16.4 Å². The number of benzene rings is 1. The molecule has 1 aromatic rings. The monoisotopic (exact) mass is 395 g/mol. The van der Waals surface area contributed by atoms with Crippen LogP contribution in [0.25, 0.3) is 0 Å². The number of nitrogens with zero attached hydrogens (tertiary/aromatic N) is 2. The highest BCUT2D eigenvalue weighted by Gasteiger charge is 2.02. The molecule has 0 saturated carbocycles. The molecule has 6 nitrogen and oxygen atoms in total. The predicted molar refractivity (Wildman–Crippen MR) is 124 cm³/mol. The Morgan fingerprint density at radius 1 is 1.28 bits per heavy atom. The summed E-state index contributed by atoms with van der Waals surface area (Å²) in [6, 6.07) is 8.01. The summed E-state index contributed by atoms with van der Waals surface area (Å²) in [6.45, 7) is 8.58. The smallest absolute Gasteiger partial charge is 0.146 e. The lowest BCUT2D eigenvalue weighted by Crippen LogP contribution is -2.31. The first-order chi connectivity index (χ1) is 14.0. The molecular weight excluding hydrogens is 362 g/mol. The van der Waals surface area contributed by atoms with E-state index >= 15 is 0 Å².